The van der Waals surface area contributed by atoms with E-state index < -0.39 is 5.60 Å². The molecule has 5 nitrogen and oxygen atoms in total. The van der Waals surface area contributed by atoms with Gasteiger partial charge in [-0.2, -0.15) is 0 Å². The number of hydrogen-bond acceptors (Lipinski definition) is 4. The average molecular weight is 317 g/mol. The van der Waals surface area contributed by atoms with Gasteiger partial charge in [0.25, 0.3) is 0 Å². The number of rotatable bonds is 0. The highest BCUT2D eigenvalue weighted by Gasteiger charge is 2.47. The fourth-order valence-electron chi connectivity index (χ4n) is 3.64. The summed E-state index contributed by atoms with van der Waals surface area (Å²) in [4.78, 5) is 19.0. The van der Waals surface area contributed by atoms with E-state index in [9.17, 15) is 4.79 Å². The lowest BCUT2D eigenvalue weighted by molar-refractivity contribution is 0.0231. The maximum atomic E-state index is 12.5. The fourth-order valence-corrected chi connectivity index (χ4v) is 3.64. The number of aromatic nitrogens is 1. The third-order valence-electron chi connectivity index (χ3n) is 4.69. The lowest BCUT2D eigenvalue weighted by atomic mass is 9.85. The lowest BCUT2D eigenvalue weighted by Gasteiger charge is -2.36. The predicted molar refractivity (Wildman–Crippen MR) is 90.7 cm³/mol. The molecule has 3 heterocycles. The van der Waals surface area contributed by atoms with E-state index in [1.54, 1.807) is 0 Å². The third-order valence-corrected chi connectivity index (χ3v) is 4.69. The number of nitrogens with zero attached hydrogens (tertiary/aromatic N) is 2. The molecule has 1 spiro atoms. The summed E-state index contributed by atoms with van der Waals surface area (Å²) in [6.07, 6.45) is 2.74. The zero-order chi connectivity index (χ0) is 16.8. The Kier molecular flexibility index (Phi) is 3.77. The normalized spacial score (nSPS) is 26.8. The molecule has 0 aliphatic carbocycles. The van der Waals surface area contributed by atoms with Crippen molar-refractivity contribution in [3.05, 3.63) is 23.4 Å². The summed E-state index contributed by atoms with van der Waals surface area (Å²) in [5.41, 5.74) is 1.75. The summed E-state index contributed by atoms with van der Waals surface area (Å²) >= 11 is 0. The van der Waals surface area contributed by atoms with Crippen LogP contribution in [0.25, 0.3) is 0 Å². The molecule has 1 amide bonds. The van der Waals surface area contributed by atoms with E-state index in [0.717, 1.165) is 30.8 Å². The number of amides is 1. The molecule has 0 aromatic carbocycles. The molecule has 0 unspecified atom stereocenters. The maximum absolute atomic E-state index is 12.5. The van der Waals surface area contributed by atoms with Gasteiger partial charge in [-0.15, -0.1) is 0 Å². The van der Waals surface area contributed by atoms with Gasteiger partial charge in [0.15, 0.2) is 0 Å². The topological polar surface area (TPSA) is 54.5 Å². The van der Waals surface area contributed by atoms with Crippen LogP contribution in [0.2, 0.25) is 0 Å². The zero-order valence-corrected chi connectivity index (χ0v) is 14.8. The Morgan fingerprint density at radius 2 is 2.17 bits per heavy atom. The molecule has 23 heavy (non-hydrogen) atoms. The van der Waals surface area contributed by atoms with E-state index in [2.05, 4.69) is 29.4 Å². The highest BCUT2D eigenvalue weighted by atomic mass is 16.6. The Bertz CT molecular complexity index is 623. The summed E-state index contributed by atoms with van der Waals surface area (Å²) in [6.45, 7) is 10.5. The van der Waals surface area contributed by atoms with Gasteiger partial charge < -0.3 is 15.0 Å². The summed E-state index contributed by atoms with van der Waals surface area (Å²) in [5.74, 6) is 0.981. The van der Waals surface area contributed by atoms with Crippen LogP contribution in [0.1, 0.15) is 51.8 Å². The van der Waals surface area contributed by atoms with Crippen LogP contribution < -0.4 is 5.32 Å². The SMILES string of the molecule is Cc1ccc2c(n1)N[C@@]1(CC2)C[C@H](C)N(C(=O)OC(C)(C)C)C1. The second-order valence-electron chi connectivity index (χ2n) is 8.03. The van der Waals surface area contributed by atoms with Crippen molar-refractivity contribution < 1.29 is 9.53 Å². The standard InChI is InChI=1S/C18H27N3O2/c1-12-6-7-14-8-9-18(20-15(14)19-12)10-13(2)21(11-18)16(22)23-17(3,4)5/h6-7,13H,8-11H2,1-5H3,(H,19,20)/t13-,18-/m0/s1. The number of carbonyl (C=O) groups excluding carboxylic acids is 1. The molecule has 1 fully saturated rings. The van der Waals surface area contributed by atoms with Crippen LogP contribution in [0.5, 0.6) is 0 Å². The van der Waals surface area contributed by atoms with E-state index in [4.69, 9.17) is 4.74 Å². The van der Waals surface area contributed by atoms with E-state index in [1.807, 2.05) is 32.6 Å². The second-order valence-corrected chi connectivity index (χ2v) is 8.03. The molecule has 2 aliphatic heterocycles. The van der Waals surface area contributed by atoms with Gasteiger partial charge in [0, 0.05) is 18.3 Å². The Balaban J connectivity index is 1.77. The summed E-state index contributed by atoms with van der Waals surface area (Å²) in [7, 11) is 0. The van der Waals surface area contributed by atoms with Crippen LogP contribution in [0.3, 0.4) is 0 Å². The van der Waals surface area contributed by atoms with Crippen molar-refractivity contribution in [2.24, 2.45) is 0 Å². The number of pyridine rings is 1. The minimum Gasteiger partial charge on any atom is -0.444 e. The third kappa shape index (κ3) is 3.28. The highest BCUT2D eigenvalue weighted by molar-refractivity contribution is 5.69. The van der Waals surface area contributed by atoms with Crippen LogP contribution in [0, 0.1) is 6.92 Å². The number of hydrogen-bond donors (Lipinski definition) is 1. The molecule has 0 saturated carbocycles. The van der Waals surface area contributed by atoms with Gasteiger partial charge in [0.1, 0.15) is 11.4 Å². The molecular formula is C18H27N3O2. The zero-order valence-electron chi connectivity index (χ0n) is 14.8. The van der Waals surface area contributed by atoms with E-state index >= 15 is 0 Å². The van der Waals surface area contributed by atoms with Crippen molar-refractivity contribution in [1.29, 1.82) is 0 Å². The first-order valence-corrected chi connectivity index (χ1v) is 8.42. The molecule has 1 aromatic heterocycles. The van der Waals surface area contributed by atoms with Crippen molar-refractivity contribution in [2.45, 2.75) is 71.1 Å². The first-order chi connectivity index (χ1) is 10.7. The molecular weight excluding hydrogens is 290 g/mol. The van der Waals surface area contributed by atoms with Crippen molar-refractivity contribution in [3.63, 3.8) is 0 Å². The molecule has 2 aliphatic rings. The van der Waals surface area contributed by atoms with Crippen molar-refractivity contribution in [2.75, 3.05) is 11.9 Å². The van der Waals surface area contributed by atoms with Gasteiger partial charge in [-0.1, -0.05) is 6.07 Å². The largest absolute Gasteiger partial charge is 0.444 e. The van der Waals surface area contributed by atoms with Gasteiger partial charge >= 0.3 is 6.09 Å². The first kappa shape index (κ1) is 16.1. The van der Waals surface area contributed by atoms with E-state index in [-0.39, 0.29) is 17.7 Å². The smallest absolute Gasteiger partial charge is 0.410 e. The number of nitrogens with one attached hydrogen (secondary N) is 1. The minimum atomic E-state index is -0.460. The van der Waals surface area contributed by atoms with Crippen molar-refractivity contribution >= 4 is 11.9 Å². The summed E-state index contributed by atoms with van der Waals surface area (Å²) < 4.78 is 5.56. The average Bonchev–Trinajstić information content (AvgIpc) is 2.73. The summed E-state index contributed by atoms with van der Waals surface area (Å²) in [5, 5.41) is 3.63. The molecule has 5 heteroatoms. The van der Waals surface area contributed by atoms with Crippen LogP contribution in [0.15, 0.2) is 12.1 Å². The fraction of sp³-hybridized carbons (Fsp3) is 0.667. The van der Waals surface area contributed by atoms with Crippen LogP contribution in [-0.2, 0) is 11.2 Å². The van der Waals surface area contributed by atoms with Gasteiger partial charge in [0.05, 0.1) is 5.54 Å². The Labute approximate surface area is 138 Å². The number of ether oxygens (including phenoxy) is 1. The van der Waals surface area contributed by atoms with Gasteiger partial charge in [0.2, 0.25) is 0 Å². The van der Waals surface area contributed by atoms with Crippen molar-refractivity contribution in [3.8, 4) is 0 Å². The minimum absolute atomic E-state index is 0.0793. The Morgan fingerprint density at radius 3 is 2.87 bits per heavy atom. The number of fused-ring (bicyclic) bond motifs is 1. The van der Waals surface area contributed by atoms with Crippen LogP contribution in [-0.4, -0.2) is 39.7 Å². The molecule has 1 aromatic rings. The number of likely N-dealkylation sites (tertiary alicyclic amines) is 1. The van der Waals surface area contributed by atoms with Crippen molar-refractivity contribution in [1.82, 2.24) is 9.88 Å². The van der Waals surface area contributed by atoms with E-state index in [1.165, 1.54) is 5.56 Å². The Hall–Kier alpha value is -1.78. The maximum Gasteiger partial charge on any atom is 0.410 e. The molecule has 126 valence electrons. The van der Waals surface area contributed by atoms with Crippen LogP contribution in [0.4, 0.5) is 10.6 Å². The number of aryl methyl sites for hydroxylation is 2. The second kappa shape index (κ2) is 5.39. The Morgan fingerprint density at radius 1 is 1.43 bits per heavy atom. The predicted octanol–water partition coefficient (Wildman–Crippen LogP) is 3.52. The van der Waals surface area contributed by atoms with Gasteiger partial charge in [-0.25, -0.2) is 9.78 Å². The summed E-state index contributed by atoms with van der Waals surface area (Å²) in [6, 6.07) is 4.38. The molecule has 1 saturated heterocycles. The first-order valence-electron chi connectivity index (χ1n) is 8.42. The molecule has 0 radical (unpaired) electrons. The molecule has 1 N–H and O–H groups in total. The quantitative estimate of drug-likeness (QED) is 0.795. The molecule has 2 atom stereocenters. The number of anilines is 1. The molecule has 3 rings (SSSR count). The van der Waals surface area contributed by atoms with Gasteiger partial charge in [-0.3, -0.25) is 0 Å². The van der Waals surface area contributed by atoms with E-state index in [0.29, 0.717) is 6.54 Å². The monoisotopic (exact) mass is 317 g/mol. The van der Waals surface area contributed by atoms with Crippen LogP contribution >= 0.6 is 0 Å². The van der Waals surface area contributed by atoms with Gasteiger partial charge in [-0.05, 0) is 65.5 Å². The lowest BCUT2D eigenvalue weighted by Crippen LogP contribution is -2.46. The number of carbonyl (C=O) groups is 1. The highest BCUT2D eigenvalue weighted by Crippen LogP contribution is 2.39. The molecule has 0 bridgehead atoms.